The fraction of sp³-hybridized carbons (Fsp3) is 0.400. The summed E-state index contributed by atoms with van der Waals surface area (Å²) in [4.78, 5) is 15.2. The second kappa shape index (κ2) is 5.21. The van der Waals surface area contributed by atoms with E-state index in [1.165, 1.54) is 7.11 Å². The van der Waals surface area contributed by atoms with Gasteiger partial charge in [-0.1, -0.05) is 6.07 Å². The molecule has 14 heavy (non-hydrogen) atoms. The van der Waals surface area contributed by atoms with Crippen LogP contribution >= 0.6 is 0 Å². The number of ether oxygens (including phenoxy) is 2. The highest BCUT2D eigenvalue weighted by atomic mass is 16.5. The number of hydrogen-bond donors (Lipinski definition) is 0. The maximum absolute atomic E-state index is 11.2. The Balaban J connectivity index is 2.70. The van der Waals surface area contributed by atoms with E-state index in [-0.39, 0.29) is 12.4 Å². The van der Waals surface area contributed by atoms with E-state index in [1.807, 2.05) is 0 Å². The number of aromatic nitrogens is 1. The zero-order chi connectivity index (χ0) is 10.4. The summed E-state index contributed by atoms with van der Waals surface area (Å²) in [7, 11) is 1.52. The average Bonchev–Trinajstić information content (AvgIpc) is 2.19. The summed E-state index contributed by atoms with van der Waals surface area (Å²) < 4.78 is 9.83. The van der Waals surface area contributed by atoms with Gasteiger partial charge in [0.1, 0.15) is 0 Å². The first-order valence-electron chi connectivity index (χ1n) is 4.41. The predicted octanol–water partition coefficient (Wildman–Crippen LogP) is 1.20. The normalized spacial score (nSPS) is 9.57. The Morgan fingerprint density at radius 1 is 1.57 bits per heavy atom. The first-order valence-corrected chi connectivity index (χ1v) is 4.41. The van der Waals surface area contributed by atoms with Crippen LogP contribution in [0, 0.1) is 0 Å². The third kappa shape index (κ3) is 2.73. The molecule has 1 rings (SSSR count). The van der Waals surface area contributed by atoms with E-state index >= 15 is 0 Å². The van der Waals surface area contributed by atoms with Gasteiger partial charge in [-0.25, -0.2) is 4.98 Å². The number of esters is 1. The van der Waals surface area contributed by atoms with Crippen LogP contribution in [0.15, 0.2) is 18.3 Å². The molecule has 0 fully saturated rings. The summed E-state index contributed by atoms with van der Waals surface area (Å²) in [6.45, 7) is 2.17. The number of methoxy groups -OCH3 is 1. The molecule has 0 amide bonds. The molecule has 4 heteroatoms. The fourth-order valence-electron chi connectivity index (χ4n) is 1.11. The minimum Gasteiger partial charge on any atom is -0.481 e. The van der Waals surface area contributed by atoms with E-state index < -0.39 is 0 Å². The third-order valence-electron chi connectivity index (χ3n) is 1.68. The summed E-state index contributed by atoms with van der Waals surface area (Å²) >= 11 is 0. The molecular formula is C10H13NO3. The number of carbonyl (C=O) groups excluding carboxylic acids is 1. The van der Waals surface area contributed by atoms with Crippen molar-refractivity contribution in [3.05, 3.63) is 23.9 Å². The van der Waals surface area contributed by atoms with Crippen molar-refractivity contribution >= 4 is 5.97 Å². The molecule has 0 spiro atoms. The predicted molar refractivity (Wildman–Crippen MR) is 51.1 cm³/mol. The molecule has 0 bridgehead atoms. The fourth-order valence-corrected chi connectivity index (χ4v) is 1.11. The van der Waals surface area contributed by atoms with Gasteiger partial charge in [0.2, 0.25) is 5.88 Å². The smallest absolute Gasteiger partial charge is 0.310 e. The van der Waals surface area contributed by atoms with Gasteiger partial charge in [-0.05, 0) is 13.0 Å². The largest absolute Gasteiger partial charge is 0.481 e. The van der Waals surface area contributed by atoms with Crippen LogP contribution in [0.3, 0.4) is 0 Å². The van der Waals surface area contributed by atoms with Crippen LogP contribution in [-0.4, -0.2) is 24.7 Å². The third-order valence-corrected chi connectivity index (χ3v) is 1.68. The first-order chi connectivity index (χ1) is 6.77. The summed E-state index contributed by atoms with van der Waals surface area (Å²) in [6.07, 6.45) is 1.82. The molecule has 0 aliphatic carbocycles. The molecule has 0 saturated heterocycles. The lowest BCUT2D eigenvalue weighted by molar-refractivity contribution is -0.142. The van der Waals surface area contributed by atoms with Crippen molar-refractivity contribution in [2.45, 2.75) is 13.3 Å². The lowest BCUT2D eigenvalue weighted by Gasteiger charge is -2.05. The van der Waals surface area contributed by atoms with E-state index in [4.69, 9.17) is 9.47 Å². The molecule has 1 aromatic heterocycles. The Bertz CT molecular complexity index is 312. The Labute approximate surface area is 82.9 Å². The maximum atomic E-state index is 11.2. The van der Waals surface area contributed by atoms with Gasteiger partial charge in [0.05, 0.1) is 20.1 Å². The van der Waals surface area contributed by atoms with Gasteiger partial charge in [0.25, 0.3) is 0 Å². The molecule has 0 unspecified atom stereocenters. The Kier molecular flexibility index (Phi) is 3.91. The summed E-state index contributed by atoms with van der Waals surface area (Å²) in [5, 5.41) is 0. The van der Waals surface area contributed by atoms with Gasteiger partial charge in [0.15, 0.2) is 0 Å². The standard InChI is InChI=1S/C10H13NO3/c1-3-14-9(12)7-8-5-4-6-11-10(8)13-2/h4-6H,3,7H2,1-2H3. The van der Waals surface area contributed by atoms with Crippen LogP contribution in [0.25, 0.3) is 0 Å². The van der Waals surface area contributed by atoms with E-state index in [9.17, 15) is 4.79 Å². The number of hydrogen-bond acceptors (Lipinski definition) is 4. The van der Waals surface area contributed by atoms with Crippen LogP contribution in [0.4, 0.5) is 0 Å². The second-order valence-corrected chi connectivity index (χ2v) is 2.65. The van der Waals surface area contributed by atoms with Crippen LogP contribution in [-0.2, 0) is 16.0 Å². The topological polar surface area (TPSA) is 48.4 Å². The zero-order valence-electron chi connectivity index (χ0n) is 8.32. The number of pyridine rings is 1. The van der Waals surface area contributed by atoms with Crippen LogP contribution in [0.5, 0.6) is 5.88 Å². The second-order valence-electron chi connectivity index (χ2n) is 2.65. The molecule has 0 aliphatic heterocycles. The van der Waals surface area contributed by atoms with Crippen molar-refractivity contribution in [3.8, 4) is 5.88 Å². The SMILES string of the molecule is CCOC(=O)Cc1cccnc1OC. The van der Waals surface area contributed by atoms with Crippen LogP contribution < -0.4 is 4.74 Å². The van der Waals surface area contributed by atoms with Gasteiger partial charge in [-0.3, -0.25) is 4.79 Å². The van der Waals surface area contributed by atoms with Gasteiger partial charge < -0.3 is 9.47 Å². The molecule has 4 nitrogen and oxygen atoms in total. The van der Waals surface area contributed by atoms with E-state index in [1.54, 1.807) is 25.3 Å². The van der Waals surface area contributed by atoms with Gasteiger partial charge in [0, 0.05) is 11.8 Å². The van der Waals surface area contributed by atoms with Gasteiger partial charge in [-0.15, -0.1) is 0 Å². The molecule has 76 valence electrons. The lowest BCUT2D eigenvalue weighted by Crippen LogP contribution is -2.08. The van der Waals surface area contributed by atoms with Crippen molar-refractivity contribution in [3.63, 3.8) is 0 Å². The van der Waals surface area contributed by atoms with E-state index in [0.717, 1.165) is 5.56 Å². The Hall–Kier alpha value is -1.58. The maximum Gasteiger partial charge on any atom is 0.310 e. The molecule has 0 N–H and O–H groups in total. The summed E-state index contributed by atoms with van der Waals surface area (Å²) in [5.74, 6) is 0.208. The molecule has 0 saturated carbocycles. The van der Waals surface area contributed by atoms with Crippen molar-refractivity contribution in [2.75, 3.05) is 13.7 Å². The minimum atomic E-state index is -0.265. The number of rotatable bonds is 4. The molecule has 1 aromatic rings. The Morgan fingerprint density at radius 3 is 3.00 bits per heavy atom. The highest BCUT2D eigenvalue weighted by Crippen LogP contribution is 2.14. The molecule has 0 radical (unpaired) electrons. The lowest BCUT2D eigenvalue weighted by atomic mass is 10.2. The van der Waals surface area contributed by atoms with Crippen LogP contribution in [0.1, 0.15) is 12.5 Å². The molecule has 0 aromatic carbocycles. The highest BCUT2D eigenvalue weighted by Gasteiger charge is 2.09. The molecular weight excluding hydrogens is 182 g/mol. The Morgan fingerprint density at radius 2 is 2.36 bits per heavy atom. The number of carbonyl (C=O) groups is 1. The quantitative estimate of drug-likeness (QED) is 0.677. The zero-order valence-corrected chi connectivity index (χ0v) is 8.32. The van der Waals surface area contributed by atoms with Crippen molar-refractivity contribution in [2.24, 2.45) is 0 Å². The van der Waals surface area contributed by atoms with Gasteiger partial charge >= 0.3 is 5.97 Å². The molecule has 1 heterocycles. The van der Waals surface area contributed by atoms with Crippen molar-refractivity contribution < 1.29 is 14.3 Å². The first kappa shape index (κ1) is 10.5. The minimum absolute atomic E-state index is 0.199. The monoisotopic (exact) mass is 195 g/mol. The summed E-state index contributed by atoms with van der Waals surface area (Å²) in [6, 6.07) is 3.56. The van der Waals surface area contributed by atoms with E-state index in [0.29, 0.717) is 12.5 Å². The van der Waals surface area contributed by atoms with Crippen LogP contribution in [0.2, 0.25) is 0 Å². The molecule has 0 atom stereocenters. The highest BCUT2D eigenvalue weighted by molar-refractivity contribution is 5.73. The number of nitrogens with zero attached hydrogens (tertiary/aromatic N) is 1. The summed E-state index contributed by atoms with van der Waals surface area (Å²) in [5.41, 5.74) is 0.744. The van der Waals surface area contributed by atoms with Crippen molar-refractivity contribution in [1.29, 1.82) is 0 Å². The van der Waals surface area contributed by atoms with Crippen molar-refractivity contribution in [1.82, 2.24) is 4.98 Å². The van der Waals surface area contributed by atoms with Gasteiger partial charge in [-0.2, -0.15) is 0 Å². The van der Waals surface area contributed by atoms with E-state index in [2.05, 4.69) is 4.98 Å². The molecule has 0 aliphatic rings. The average molecular weight is 195 g/mol.